The van der Waals surface area contributed by atoms with E-state index in [1.165, 1.54) is 12.8 Å². The minimum Gasteiger partial charge on any atom is -0.481 e. The molecule has 0 radical (unpaired) electrons. The van der Waals surface area contributed by atoms with Crippen LogP contribution in [0.15, 0.2) is 0 Å². The van der Waals surface area contributed by atoms with Gasteiger partial charge < -0.3 is 20.4 Å². The molecule has 0 spiro atoms. The molecule has 8 nitrogen and oxygen atoms in total. The zero-order valence-electron chi connectivity index (χ0n) is 18.7. The molecule has 4 N–H and O–H groups in total. The molecule has 0 aliphatic carbocycles. The molecule has 0 aromatic rings. The molecule has 0 saturated carbocycles. The van der Waals surface area contributed by atoms with Crippen molar-refractivity contribution in [1.29, 1.82) is 0 Å². The van der Waals surface area contributed by atoms with Crippen molar-refractivity contribution >= 4 is 23.9 Å². The number of rotatable bonds is 12. The van der Waals surface area contributed by atoms with Crippen LogP contribution in [0.2, 0.25) is 0 Å². The van der Waals surface area contributed by atoms with Crippen molar-refractivity contribution in [3.8, 4) is 0 Å². The van der Waals surface area contributed by atoms with E-state index < -0.39 is 35.7 Å². The molecule has 0 rings (SSSR count). The lowest BCUT2D eigenvalue weighted by Crippen LogP contribution is -2.25. The molecule has 0 amide bonds. The summed E-state index contributed by atoms with van der Waals surface area (Å²) < 4.78 is 0. The van der Waals surface area contributed by atoms with Crippen LogP contribution in [0.4, 0.5) is 0 Å². The summed E-state index contributed by atoms with van der Waals surface area (Å²) in [7, 11) is 0. The monoisotopic (exact) mass is 420 g/mol. The van der Waals surface area contributed by atoms with E-state index in [2.05, 4.69) is 13.8 Å². The molecule has 0 heterocycles. The summed E-state index contributed by atoms with van der Waals surface area (Å²) in [5.41, 5.74) is 0. The topological polar surface area (TPSA) is 149 Å². The third-order valence-corrected chi connectivity index (χ3v) is 4.45. The minimum absolute atomic E-state index is 0.192. The Labute approximate surface area is 174 Å². The molecule has 0 aromatic carbocycles. The third kappa shape index (κ3) is 19.0. The number of hydrogen-bond acceptors (Lipinski definition) is 4. The molecule has 0 aromatic heterocycles. The van der Waals surface area contributed by atoms with E-state index in [1.807, 2.05) is 27.7 Å². The van der Waals surface area contributed by atoms with Gasteiger partial charge in [-0.25, -0.2) is 0 Å². The Bertz CT molecular complexity index is 439. The van der Waals surface area contributed by atoms with Crippen LogP contribution in [-0.2, 0) is 19.2 Å². The van der Waals surface area contributed by atoms with Gasteiger partial charge in [0.15, 0.2) is 11.8 Å². The highest BCUT2D eigenvalue weighted by atomic mass is 16.4. The van der Waals surface area contributed by atoms with Gasteiger partial charge in [-0.1, -0.05) is 67.2 Å². The SMILES string of the molecule is CC(C)CCC(C(=O)O)C(=O)O.CCC(CC)CC(C(=O)O)C(=O)O.CCCC. The van der Waals surface area contributed by atoms with Gasteiger partial charge in [0.2, 0.25) is 0 Å². The predicted molar refractivity (Wildman–Crippen MR) is 111 cm³/mol. The van der Waals surface area contributed by atoms with Crippen LogP contribution < -0.4 is 0 Å². The first-order valence-electron chi connectivity index (χ1n) is 10.3. The lowest BCUT2D eigenvalue weighted by molar-refractivity contribution is -0.157. The smallest absolute Gasteiger partial charge is 0.317 e. The van der Waals surface area contributed by atoms with Crippen molar-refractivity contribution in [2.45, 2.75) is 86.5 Å². The van der Waals surface area contributed by atoms with Crippen molar-refractivity contribution in [3.05, 3.63) is 0 Å². The molecule has 0 aliphatic heterocycles. The van der Waals surface area contributed by atoms with E-state index in [0.717, 1.165) is 12.8 Å². The average Bonchev–Trinajstić information content (AvgIpc) is 2.62. The fourth-order valence-electron chi connectivity index (χ4n) is 2.12. The zero-order chi connectivity index (χ0) is 23.6. The summed E-state index contributed by atoms with van der Waals surface area (Å²) in [6.45, 7) is 12.1. The summed E-state index contributed by atoms with van der Waals surface area (Å²) in [5, 5.41) is 34.2. The van der Waals surface area contributed by atoms with E-state index >= 15 is 0 Å². The molecule has 0 aliphatic rings. The molecular formula is C21H40O8. The Morgan fingerprint density at radius 1 is 0.621 bits per heavy atom. The Hall–Kier alpha value is -2.12. The van der Waals surface area contributed by atoms with Gasteiger partial charge in [0, 0.05) is 0 Å². The van der Waals surface area contributed by atoms with Crippen LogP contribution in [0, 0.1) is 23.7 Å². The normalized spacial score (nSPS) is 10.3. The number of carboxylic acid groups (broad SMARTS) is 4. The van der Waals surface area contributed by atoms with E-state index in [-0.39, 0.29) is 18.8 Å². The first-order chi connectivity index (χ1) is 13.4. The predicted octanol–water partition coefficient (Wildman–Crippen LogP) is 4.61. The van der Waals surface area contributed by atoms with Gasteiger partial charge >= 0.3 is 23.9 Å². The zero-order valence-corrected chi connectivity index (χ0v) is 18.7. The third-order valence-electron chi connectivity index (χ3n) is 4.45. The van der Waals surface area contributed by atoms with Gasteiger partial charge in [-0.05, 0) is 31.1 Å². The molecule has 0 atom stereocenters. The van der Waals surface area contributed by atoms with Crippen LogP contribution in [0.3, 0.4) is 0 Å². The Morgan fingerprint density at radius 2 is 0.966 bits per heavy atom. The second-order valence-electron chi connectivity index (χ2n) is 7.35. The Morgan fingerprint density at radius 3 is 1.17 bits per heavy atom. The second kappa shape index (κ2) is 19.2. The van der Waals surface area contributed by atoms with E-state index in [4.69, 9.17) is 20.4 Å². The lowest BCUT2D eigenvalue weighted by atomic mass is 9.91. The largest absolute Gasteiger partial charge is 0.481 e. The highest BCUT2D eigenvalue weighted by Crippen LogP contribution is 2.19. The first-order valence-corrected chi connectivity index (χ1v) is 10.3. The summed E-state index contributed by atoms with van der Waals surface area (Å²) in [6.07, 6.45) is 5.37. The minimum atomic E-state index is -1.25. The second-order valence-corrected chi connectivity index (χ2v) is 7.35. The van der Waals surface area contributed by atoms with Gasteiger partial charge in [-0.15, -0.1) is 0 Å². The molecule has 172 valence electrons. The molecule has 0 unspecified atom stereocenters. The van der Waals surface area contributed by atoms with Gasteiger partial charge in [0.05, 0.1) is 0 Å². The highest BCUT2D eigenvalue weighted by molar-refractivity contribution is 5.93. The molecular weight excluding hydrogens is 380 g/mol. The van der Waals surface area contributed by atoms with E-state index in [0.29, 0.717) is 12.3 Å². The molecule has 8 heteroatoms. The Balaban J connectivity index is -0.000000394. The van der Waals surface area contributed by atoms with Gasteiger partial charge in [-0.2, -0.15) is 0 Å². The molecule has 0 saturated heterocycles. The first kappa shape index (κ1) is 31.6. The molecule has 0 fully saturated rings. The van der Waals surface area contributed by atoms with E-state index in [1.54, 1.807) is 0 Å². The van der Waals surface area contributed by atoms with Crippen LogP contribution in [0.5, 0.6) is 0 Å². The van der Waals surface area contributed by atoms with E-state index in [9.17, 15) is 19.2 Å². The van der Waals surface area contributed by atoms with Crippen LogP contribution >= 0.6 is 0 Å². The maximum absolute atomic E-state index is 10.5. The fraction of sp³-hybridized carbons (Fsp3) is 0.810. The highest BCUT2D eigenvalue weighted by Gasteiger charge is 2.28. The van der Waals surface area contributed by atoms with Gasteiger partial charge in [0.1, 0.15) is 0 Å². The fourth-order valence-corrected chi connectivity index (χ4v) is 2.12. The summed E-state index contributed by atoms with van der Waals surface area (Å²) in [5.74, 6) is -6.93. The summed E-state index contributed by atoms with van der Waals surface area (Å²) >= 11 is 0. The number of unbranched alkanes of at least 4 members (excludes halogenated alkanes) is 1. The molecule has 0 bridgehead atoms. The van der Waals surface area contributed by atoms with Crippen LogP contribution in [0.1, 0.15) is 86.5 Å². The van der Waals surface area contributed by atoms with Crippen LogP contribution in [-0.4, -0.2) is 44.3 Å². The number of aliphatic carboxylic acids is 4. The quantitative estimate of drug-likeness (QED) is 0.334. The summed E-state index contributed by atoms with van der Waals surface area (Å²) in [4.78, 5) is 41.8. The van der Waals surface area contributed by atoms with Crippen molar-refractivity contribution < 1.29 is 39.6 Å². The van der Waals surface area contributed by atoms with Crippen molar-refractivity contribution in [1.82, 2.24) is 0 Å². The number of carboxylic acids is 4. The Kier molecular flexibility index (Phi) is 20.9. The van der Waals surface area contributed by atoms with Crippen molar-refractivity contribution in [2.24, 2.45) is 23.7 Å². The van der Waals surface area contributed by atoms with Gasteiger partial charge in [-0.3, -0.25) is 19.2 Å². The van der Waals surface area contributed by atoms with Crippen molar-refractivity contribution in [3.63, 3.8) is 0 Å². The average molecular weight is 421 g/mol. The van der Waals surface area contributed by atoms with Crippen molar-refractivity contribution in [2.75, 3.05) is 0 Å². The number of carbonyl (C=O) groups is 4. The van der Waals surface area contributed by atoms with Gasteiger partial charge in [0.25, 0.3) is 0 Å². The summed E-state index contributed by atoms with van der Waals surface area (Å²) in [6, 6.07) is 0. The maximum Gasteiger partial charge on any atom is 0.317 e. The standard InChI is InChI=1S/C9H16O4.C8H14O4.C4H10/c1-3-6(4-2)5-7(8(10)11)9(12)13;1-5(2)3-4-6(7(9)10)8(11)12;1-3-4-2/h6-7H,3-5H2,1-2H3,(H,10,11)(H,12,13);5-6H,3-4H2,1-2H3,(H,9,10)(H,11,12);3-4H2,1-2H3. The lowest BCUT2D eigenvalue weighted by Gasteiger charge is -2.14. The number of hydrogen-bond donors (Lipinski definition) is 4. The maximum atomic E-state index is 10.5. The van der Waals surface area contributed by atoms with Crippen LogP contribution in [0.25, 0.3) is 0 Å². The molecule has 29 heavy (non-hydrogen) atoms.